The van der Waals surface area contributed by atoms with Gasteiger partial charge < -0.3 is 9.80 Å². The number of hydrogen-bond donors (Lipinski definition) is 0. The van der Waals surface area contributed by atoms with Gasteiger partial charge in [0.15, 0.2) is 0 Å². The SMILES string of the molecule is O=C(c1ccc2c(c1)N(Cc1cccc(Cl)c1)C(=O)c1ccccc1[S@]2=O)N1Cc2ccccc2C1. The molecule has 178 valence electrons. The molecule has 2 amide bonds. The summed E-state index contributed by atoms with van der Waals surface area (Å²) in [7, 11) is -1.58. The minimum absolute atomic E-state index is 0.128. The van der Waals surface area contributed by atoms with Crippen LogP contribution in [-0.4, -0.2) is 20.9 Å². The molecule has 0 N–H and O–H groups in total. The monoisotopic (exact) mass is 512 g/mol. The molecule has 0 radical (unpaired) electrons. The van der Waals surface area contributed by atoms with Gasteiger partial charge in [0, 0.05) is 23.7 Å². The van der Waals surface area contributed by atoms with E-state index >= 15 is 0 Å². The first-order valence-corrected chi connectivity index (χ1v) is 13.1. The normalized spacial score (nSPS) is 16.2. The molecule has 0 saturated carbocycles. The summed E-state index contributed by atoms with van der Waals surface area (Å²) in [5.41, 5.74) is 4.41. The number of amides is 2. The van der Waals surface area contributed by atoms with Gasteiger partial charge in [-0.05, 0) is 59.2 Å². The van der Waals surface area contributed by atoms with E-state index in [1.54, 1.807) is 64.4 Å². The molecule has 0 unspecified atom stereocenters. The van der Waals surface area contributed by atoms with Crippen LogP contribution in [0.3, 0.4) is 0 Å². The molecule has 4 aromatic carbocycles. The summed E-state index contributed by atoms with van der Waals surface area (Å²) in [4.78, 5) is 31.6. The van der Waals surface area contributed by atoms with Crippen LogP contribution in [0.5, 0.6) is 0 Å². The van der Waals surface area contributed by atoms with Crippen LogP contribution in [0.25, 0.3) is 0 Å². The Bertz CT molecular complexity index is 1540. The molecular weight excluding hydrogens is 492 g/mol. The summed E-state index contributed by atoms with van der Waals surface area (Å²) >= 11 is 6.21. The fourth-order valence-electron chi connectivity index (χ4n) is 4.83. The molecule has 1 atom stereocenters. The molecule has 0 aromatic heterocycles. The number of carbonyl (C=O) groups is 2. The van der Waals surface area contributed by atoms with Gasteiger partial charge in [-0.25, -0.2) is 4.21 Å². The Morgan fingerprint density at radius 2 is 1.56 bits per heavy atom. The predicted molar refractivity (Wildman–Crippen MR) is 140 cm³/mol. The molecule has 2 aliphatic heterocycles. The molecule has 2 aliphatic rings. The van der Waals surface area contributed by atoms with Crippen LogP contribution in [0.15, 0.2) is 101 Å². The fourth-order valence-corrected chi connectivity index (χ4v) is 6.39. The Hall–Kier alpha value is -3.74. The van der Waals surface area contributed by atoms with E-state index in [4.69, 9.17) is 11.6 Å². The van der Waals surface area contributed by atoms with Crippen LogP contribution in [0.4, 0.5) is 5.69 Å². The van der Waals surface area contributed by atoms with Gasteiger partial charge in [0.1, 0.15) is 0 Å². The molecule has 5 nitrogen and oxygen atoms in total. The van der Waals surface area contributed by atoms with Crippen LogP contribution < -0.4 is 4.90 Å². The highest BCUT2D eigenvalue weighted by molar-refractivity contribution is 7.85. The average molecular weight is 513 g/mol. The van der Waals surface area contributed by atoms with Gasteiger partial charge in [0.05, 0.1) is 38.4 Å². The summed E-state index contributed by atoms with van der Waals surface area (Å²) in [5.74, 6) is -0.396. The maximum Gasteiger partial charge on any atom is 0.259 e. The lowest BCUT2D eigenvalue weighted by molar-refractivity contribution is 0.0751. The van der Waals surface area contributed by atoms with Crippen molar-refractivity contribution in [1.29, 1.82) is 0 Å². The maximum atomic E-state index is 13.8. The van der Waals surface area contributed by atoms with Gasteiger partial charge in [-0.3, -0.25) is 9.59 Å². The molecule has 0 aliphatic carbocycles. The van der Waals surface area contributed by atoms with Gasteiger partial charge in [-0.1, -0.05) is 60.1 Å². The lowest BCUT2D eigenvalue weighted by Crippen LogP contribution is -2.31. The van der Waals surface area contributed by atoms with E-state index in [2.05, 4.69) is 0 Å². The van der Waals surface area contributed by atoms with Crippen molar-refractivity contribution in [2.45, 2.75) is 29.4 Å². The number of carbonyl (C=O) groups excluding carboxylic acids is 2. The van der Waals surface area contributed by atoms with E-state index in [1.807, 2.05) is 36.4 Å². The summed E-state index contributed by atoms with van der Waals surface area (Å²) in [6.45, 7) is 1.30. The topological polar surface area (TPSA) is 57.7 Å². The van der Waals surface area contributed by atoms with E-state index in [9.17, 15) is 13.8 Å². The van der Waals surface area contributed by atoms with Crippen LogP contribution >= 0.6 is 11.6 Å². The molecule has 7 heteroatoms. The summed E-state index contributed by atoms with van der Waals surface area (Å²) < 4.78 is 13.6. The minimum atomic E-state index is -1.58. The lowest BCUT2D eigenvalue weighted by atomic mass is 10.1. The molecular formula is C29H21ClN2O3S. The van der Waals surface area contributed by atoms with Gasteiger partial charge in [0.25, 0.3) is 11.8 Å². The predicted octanol–water partition coefficient (Wildman–Crippen LogP) is 5.82. The number of anilines is 1. The third-order valence-corrected chi connectivity index (χ3v) is 8.35. The quantitative estimate of drug-likeness (QED) is 0.347. The van der Waals surface area contributed by atoms with Gasteiger partial charge in [0.2, 0.25) is 0 Å². The highest BCUT2D eigenvalue weighted by Crippen LogP contribution is 2.37. The van der Waals surface area contributed by atoms with Crippen molar-refractivity contribution in [3.05, 3.63) is 124 Å². The third kappa shape index (κ3) is 3.92. The van der Waals surface area contributed by atoms with E-state index in [0.717, 1.165) is 16.7 Å². The zero-order valence-electron chi connectivity index (χ0n) is 19.2. The van der Waals surface area contributed by atoms with E-state index in [0.29, 0.717) is 44.7 Å². The van der Waals surface area contributed by atoms with E-state index in [-0.39, 0.29) is 18.4 Å². The first kappa shape index (κ1) is 22.7. The Balaban J connectivity index is 1.43. The third-order valence-electron chi connectivity index (χ3n) is 6.62. The van der Waals surface area contributed by atoms with Crippen molar-refractivity contribution >= 4 is 39.9 Å². The standard InChI is InChI=1S/C29H21ClN2O3S/c30-23-9-5-6-19(14-23)16-32-25-15-20(28(33)31-17-21-7-1-2-8-22(21)18-31)12-13-27(25)36(35)26-11-4-3-10-24(26)29(32)34/h1-15H,16-18H2/t36-/m1/s1. The molecule has 0 spiro atoms. The maximum absolute atomic E-state index is 13.8. The summed E-state index contributed by atoms with van der Waals surface area (Å²) in [6, 6.07) is 27.4. The first-order valence-electron chi connectivity index (χ1n) is 11.6. The van der Waals surface area contributed by atoms with E-state index < -0.39 is 10.8 Å². The number of halogens is 1. The van der Waals surface area contributed by atoms with Crippen molar-refractivity contribution in [1.82, 2.24) is 4.90 Å². The molecule has 0 bridgehead atoms. The zero-order valence-corrected chi connectivity index (χ0v) is 20.8. The molecule has 0 fully saturated rings. The number of benzene rings is 4. The van der Waals surface area contributed by atoms with Crippen LogP contribution in [0.2, 0.25) is 5.02 Å². The van der Waals surface area contributed by atoms with Gasteiger partial charge in [-0.15, -0.1) is 0 Å². The second-order valence-corrected chi connectivity index (χ2v) is 10.8. The van der Waals surface area contributed by atoms with Gasteiger partial charge in [-0.2, -0.15) is 0 Å². The Kier molecular flexibility index (Phi) is 5.70. The second kappa shape index (κ2) is 9.04. The molecule has 4 aromatic rings. The highest BCUT2D eigenvalue weighted by atomic mass is 35.5. The number of fused-ring (bicyclic) bond motifs is 3. The van der Waals surface area contributed by atoms with Crippen LogP contribution in [0.1, 0.15) is 37.4 Å². The van der Waals surface area contributed by atoms with Crippen LogP contribution in [-0.2, 0) is 30.4 Å². The summed E-state index contributed by atoms with van der Waals surface area (Å²) in [6.07, 6.45) is 0. The summed E-state index contributed by atoms with van der Waals surface area (Å²) in [5, 5.41) is 0.566. The fraction of sp³-hybridized carbons (Fsp3) is 0.103. The Morgan fingerprint density at radius 1 is 0.833 bits per heavy atom. The first-order chi connectivity index (χ1) is 17.5. The van der Waals surface area contributed by atoms with Crippen molar-refractivity contribution in [3.8, 4) is 0 Å². The smallest absolute Gasteiger partial charge is 0.259 e. The number of hydrogen-bond acceptors (Lipinski definition) is 3. The van der Waals surface area contributed by atoms with Crippen LogP contribution in [0, 0.1) is 0 Å². The second-order valence-electron chi connectivity index (χ2n) is 8.90. The number of nitrogens with zero attached hydrogens (tertiary/aromatic N) is 2. The highest BCUT2D eigenvalue weighted by Gasteiger charge is 2.32. The van der Waals surface area contributed by atoms with Gasteiger partial charge >= 0.3 is 0 Å². The minimum Gasteiger partial charge on any atom is -0.330 e. The zero-order chi connectivity index (χ0) is 24.8. The Morgan fingerprint density at radius 3 is 2.31 bits per heavy atom. The molecule has 0 saturated heterocycles. The molecule has 36 heavy (non-hydrogen) atoms. The molecule has 2 heterocycles. The largest absolute Gasteiger partial charge is 0.330 e. The number of rotatable bonds is 3. The molecule has 6 rings (SSSR count). The van der Waals surface area contributed by atoms with Crippen molar-refractivity contribution in [2.75, 3.05) is 4.90 Å². The van der Waals surface area contributed by atoms with Crippen molar-refractivity contribution in [2.24, 2.45) is 0 Å². The van der Waals surface area contributed by atoms with Crippen molar-refractivity contribution < 1.29 is 13.8 Å². The van der Waals surface area contributed by atoms with E-state index in [1.165, 1.54) is 0 Å². The van der Waals surface area contributed by atoms with Crippen molar-refractivity contribution in [3.63, 3.8) is 0 Å². The Labute approximate surface area is 216 Å². The average Bonchev–Trinajstić information content (AvgIpc) is 3.32. The lowest BCUT2D eigenvalue weighted by Gasteiger charge is -2.24.